The maximum Gasteiger partial charge on any atom is 0.265 e. The minimum atomic E-state index is -3.53. The number of hydrogen-bond acceptors (Lipinski definition) is 4. The predicted molar refractivity (Wildman–Crippen MR) is 109 cm³/mol. The standard InChI is InChI=1S/C21H25FN2O4S/c1-15-11-13-24(14-12-15)29(26,27)20-9-5-18(6-10-20)23-21(25)16(2)28-19-7-3-17(22)4-8-19/h3-10,15-16H,11-14H2,1-2H3,(H,23,25)/t16-/m1/s1. The molecule has 0 unspecified atom stereocenters. The van der Waals surface area contributed by atoms with Gasteiger partial charge in [0.15, 0.2) is 6.10 Å². The van der Waals surface area contributed by atoms with Gasteiger partial charge >= 0.3 is 0 Å². The fourth-order valence-electron chi connectivity index (χ4n) is 3.10. The Hall–Kier alpha value is -2.45. The van der Waals surface area contributed by atoms with Crippen LogP contribution >= 0.6 is 0 Å². The van der Waals surface area contributed by atoms with E-state index < -0.39 is 22.0 Å². The number of amides is 1. The summed E-state index contributed by atoms with van der Waals surface area (Å²) in [6.07, 6.45) is 0.915. The van der Waals surface area contributed by atoms with Crippen LogP contribution in [0.4, 0.5) is 10.1 Å². The van der Waals surface area contributed by atoms with Gasteiger partial charge in [-0.1, -0.05) is 6.92 Å². The van der Waals surface area contributed by atoms with Gasteiger partial charge in [-0.15, -0.1) is 0 Å². The number of hydrogen-bond donors (Lipinski definition) is 1. The van der Waals surface area contributed by atoms with Crippen molar-refractivity contribution in [1.82, 2.24) is 4.31 Å². The highest BCUT2D eigenvalue weighted by atomic mass is 32.2. The van der Waals surface area contributed by atoms with Gasteiger partial charge in [0.1, 0.15) is 11.6 Å². The van der Waals surface area contributed by atoms with Gasteiger partial charge in [-0.2, -0.15) is 4.31 Å². The van der Waals surface area contributed by atoms with Crippen molar-refractivity contribution in [3.05, 3.63) is 54.3 Å². The molecule has 0 aliphatic carbocycles. The molecule has 1 amide bonds. The van der Waals surface area contributed by atoms with Crippen LogP contribution in [0.1, 0.15) is 26.7 Å². The Kier molecular flexibility index (Phi) is 6.54. The number of nitrogens with zero attached hydrogens (tertiary/aromatic N) is 1. The van der Waals surface area contributed by atoms with E-state index in [1.54, 1.807) is 19.1 Å². The van der Waals surface area contributed by atoms with Gasteiger partial charge in [0, 0.05) is 18.8 Å². The number of sulfonamides is 1. The van der Waals surface area contributed by atoms with Gasteiger partial charge in [-0.25, -0.2) is 12.8 Å². The molecule has 0 spiro atoms. The number of carbonyl (C=O) groups excluding carboxylic acids is 1. The molecule has 1 atom stereocenters. The number of piperidine rings is 1. The second-order valence-electron chi connectivity index (χ2n) is 7.31. The summed E-state index contributed by atoms with van der Waals surface area (Å²) in [5.41, 5.74) is 0.468. The van der Waals surface area contributed by atoms with Crippen molar-refractivity contribution in [2.75, 3.05) is 18.4 Å². The molecule has 0 radical (unpaired) electrons. The van der Waals surface area contributed by atoms with Crippen LogP contribution in [-0.4, -0.2) is 37.8 Å². The van der Waals surface area contributed by atoms with E-state index in [0.717, 1.165) is 12.8 Å². The van der Waals surface area contributed by atoms with Crippen molar-refractivity contribution >= 4 is 21.6 Å². The van der Waals surface area contributed by atoms with Crippen molar-refractivity contribution in [2.24, 2.45) is 5.92 Å². The maximum atomic E-state index is 12.9. The summed E-state index contributed by atoms with van der Waals surface area (Å²) in [5.74, 6) is 0.142. The van der Waals surface area contributed by atoms with E-state index >= 15 is 0 Å². The molecule has 0 aromatic heterocycles. The molecule has 29 heavy (non-hydrogen) atoms. The third kappa shape index (κ3) is 5.33. The van der Waals surface area contributed by atoms with Gasteiger partial charge < -0.3 is 10.1 Å². The second kappa shape index (κ2) is 8.92. The lowest BCUT2D eigenvalue weighted by Gasteiger charge is -2.29. The number of rotatable bonds is 6. The molecule has 2 aromatic rings. The Bertz CT molecular complexity index is 938. The summed E-state index contributed by atoms with van der Waals surface area (Å²) in [6.45, 7) is 4.76. The zero-order valence-corrected chi connectivity index (χ0v) is 17.3. The fourth-order valence-corrected chi connectivity index (χ4v) is 4.57. The van der Waals surface area contributed by atoms with E-state index in [-0.39, 0.29) is 10.7 Å². The normalized spacial score (nSPS) is 16.9. The van der Waals surface area contributed by atoms with E-state index in [1.165, 1.54) is 40.7 Å². The lowest BCUT2D eigenvalue weighted by atomic mass is 10.0. The van der Waals surface area contributed by atoms with Crippen LogP contribution in [0.25, 0.3) is 0 Å². The molecule has 0 saturated carbocycles. The molecule has 156 valence electrons. The smallest absolute Gasteiger partial charge is 0.265 e. The Morgan fingerprint density at radius 1 is 1.10 bits per heavy atom. The molecule has 1 aliphatic heterocycles. The monoisotopic (exact) mass is 420 g/mol. The molecule has 1 heterocycles. The molecule has 1 fully saturated rings. The van der Waals surface area contributed by atoms with Crippen LogP contribution in [0.3, 0.4) is 0 Å². The topological polar surface area (TPSA) is 75.7 Å². The van der Waals surface area contributed by atoms with E-state index in [9.17, 15) is 17.6 Å². The third-order valence-corrected chi connectivity index (χ3v) is 6.91. The average molecular weight is 421 g/mol. The Morgan fingerprint density at radius 2 is 1.69 bits per heavy atom. The SMILES string of the molecule is CC1CCN(S(=O)(=O)c2ccc(NC(=O)[C@@H](C)Oc3ccc(F)cc3)cc2)CC1. The van der Waals surface area contributed by atoms with Gasteiger partial charge in [-0.3, -0.25) is 4.79 Å². The lowest BCUT2D eigenvalue weighted by Crippen LogP contribution is -2.37. The first kappa shape index (κ1) is 21.3. The molecule has 1 N–H and O–H groups in total. The highest BCUT2D eigenvalue weighted by molar-refractivity contribution is 7.89. The maximum absolute atomic E-state index is 12.9. The van der Waals surface area contributed by atoms with Crippen molar-refractivity contribution in [2.45, 2.75) is 37.7 Å². The summed E-state index contributed by atoms with van der Waals surface area (Å²) in [6, 6.07) is 11.5. The minimum absolute atomic E-state index is 0.209. The summed E-state index contributed by atoms with van der Waals surface area (Å²) < 4.78 is 45.5. The first-order valence-corrected chi connectivity index (χ1v) is 11.0. The Labute approximate surface area is 170 Å². The largest absolute Gasteiger partial charge is 0.481 e. The van der Waals surface area contributed by atoms with Crippen LogP contribution in [0.15, 0.2) is 53.4 Å². The van der Waals surface area contributed by atoms with Crippen LogP contribution in [0.5, 0.6) is 5.75 Å². The van der Waals surface area contributed by atoms with Crippen LogP contribution < -0.4 is 10.1 Å². The molecular weight excluding hydrogens is 395 g/mol. The molecule has 3 rings (SSSR count). The van der Waals surface area contributed by atoms with Crippen LogP contribution in [-0.2, 0) is 14.8 Å². The van der Waals surface area contributed by atoms with Crippen molar-refractivity contribution in [3.8, 4) is 5.75 Å². The average Bonchev–Trinajstić information content (AvgIpc) is 2.70. The molecular formula is C21H25FN2O4S. The summed E-state index contributed by atoms with van der Waals surface area (Å²) in [5, 5.41) is 2.69. The van der Waals surface area contributed by atoms with Crippen molar-refractivity contribution < 1.29 is 22.3 Å². The molecule has 1 saturated heterocycles. The number of benzene rings is 2. The summed E-state index contributed by atoms with van der Waals surface area (Å²) in [4.78, 5) is 12.5. The molecule has 1 aliphatic rings. The van der Waals surface area contributed by atoms with Crippen molar-refractivity contribution in [3.63, 3.8) is 0 Å². The number of carbonyl (C=O) groups is 1. The van der Waals surface area contributed by atoms with Gasteiger partial charge in [0.25, 0.3) is 5.91 Å². The Morgan fingerprint density at radius 3 is 2.28 bits per heavy atom. The van der Waals surface area contributed by atoms with E-state index in [1.807, 2.05) is 0 Å². The first-order valence-electron chi connectivity index (χ1n) is 9.59. The number of halogens is 1. The van der Waals surface area contributed by atoms with Crippen LogP contribution in [0, 0.1) is 11.7 Å². The van der Waals surface area contributed by atoms with Gasteiger partial charge in [-0.05, 0) is 74.2 Å². The minimum Gasteiger partial charge on any atom is -0.481 e. The van der Waals surface area contributed by atoms with Gasteiger partial charge in [0.05, 0.1) is 4.90 Å². The zero-order chi connectivity index (χ0) is 21.0. The number of ether oxygens (including phenoxy) is 1. The predicted octanol–water partition coefficient (Wildman–Crippen LogP) is 3.65. The van der Waals surface area contributed by atoms with E-state index in [0.29, 0.717) is 30.4 Å². The lowest BCUT2D eigenvalue weighted by molar-refractivity contribution is -0.122. The summed E-state index contributed by atoms with van der Waals surface area (Å²) >= 11 is 0. The highest BCUT2D eigenvalue weighted by Crippen LogP contribution is 2.24. The first-order chi connectivity index (χ1) is 13.8. The molecule has 8 heteroatoms. The third-order valence-electron chi connectivity index (χ3n) is 5.00. The van der Waals surface area contributed by atoms with E-state index in [2.05, 4.69) is 12.2 Å². The number of anilines is 1. The van der Waals surface area contributed by atoms with Crippen molar-refractivity contribution in [1.29, 1.82) is 0 Å². The molecule has 2 aromatic carbocycles. The fraction of sp³-hybridized carbons (Fsp3) is 0.381. The molecule has 0 bridgehead atoms. The molecule has 6 nitrogen and oxygen atoms in total. The second-order valence-corrected chi connectivity index (χ2v) is 9.25. The Balaban J connectivity index is 1.61. The van der Waals surface area contributed by atoms with Crippen LogP contribution in [0.2, 0.25) is 0 Å². The zero-order valence-electron chi connectivity index (χ0n) is 16.5. The summed E-state index contributed by atoms with van der Waals surface area (Å²) in [7, 11) is -3.53. The van der Waals surface area contributed by atoms with Gasteiger partial charge in [0.2, 0.25) is 10.0 Å². The van der Waals surface area contributed by atoms with E-state index in [4.69, 9.17) is 4.74 Å². The highest BCUT2D eigenvalue weighted by Gasteiger charge is 2.28. The quantitative estimate of drug-likeness (QED) is 0.774. The number of nitrogens with one attached hydrogen (secondary N) is 1.